The number of Topliss-reactive ketones (excluding diaryl/α,β-unsaturated/α-hetero) is 1. The number of rotatable bonds is 5. The largest absolute Gasteiger partial charge is 0.413 e. The van der Waals surface area contributed by atoms with Crippen LogP contribution in [0.4, 0.5) is 0 Å². The van der Waals surface area contributed by atoms with E-state index in [1.807, 2.05) is 19.9 Å². The van der Waals surface area contributed by atoms with Gasteiger partial charge in [-0.25, -0.2) is 0 Å². The molecule has 0 fully saturated rings. The third kappa shape index (κ3) is 5.64. The second kappa shape index (κ2) is 5.96. The van der Waals surface area contributed by atoms with Gasteiger partial charge in [-0.15, -0.1) is 0 Å². The van der Waals surface area contributed by atoms with Crippen LogP contribution in [0.15, 0.2) is 11.6 Å². The molecule has 0 aromatic heterocycles. The van der Waals surface area contributed by atoms with Crippen LogP contribution in [0.1, 0.15) is 41.5 Å². The van der Waals surface area contributed by atoms with E-state index in [0.717, 1.165) is 5.57 Å². The SMILES string of the molecule is CC(=O)C(C)/C=C(\C)CO[Si](C)(C)C(C)(C)C. The average Bonchev–Trinajstić information content (AvgIpc) is 2.12. The zero-order valence-corrected chi connectivity index (χ0v) is 13.7. The molecule has 100 valence electrons. The van der Waals surface area contributed by atoms with E-state index in [0.29, 0.717) is 6.61 Å². The number of carbonyl (C=O) groups excluding carboxylic acids is 1. The first kappa shape index (κ1) is 16.6. The van der Waals surface area contributed by atoms with Crippen LogP contribution in [0.3, 0.4) is 0 Å². The average molecular weight is 256 g/mol. The highest BCUT2D eigenvalue weighted by molar-refractivity contribution is 6.74. The fourth-order valence-corrected chi connectivity index (χ4v) is 2.12. The monoisotopic (exact) mass is 256 g/mol. The summed E-state index contributed by atoms with van der Waals surface area (Å²) in [5.41, 5.74) is 1.15. The van der Waals surface area contributed by atoms with Crippen molar-refractivity contribution < 1.29 is 9.22 Å². The first-order valence-corrected chi connectivity index (χ1v) is 9.20. The highest BCUT2D eigenvalue weighted by Gasteiger charge is 2.36. The van der Waals surface area contributed by atoms with Gasteiger partial charge in [0.25, 0.3) is 0 Å². The molecule has 17 heavy (non-hydrogen) atoms. The van der Waals surface area contributed by atoms with Crippen molar-refractivity contribution in [2.24, 2.45) is 5.92 Å². The Morgan fingerprint density at radius 2 is 1.76 bits per heavy atom. The molecule has 0 rings (SSSR count). The van der Waals surface area contributed by atoms with E-state index < -0.39 is 8.32 Å². The number of hydrogen-bond acceptors (Lipinski definition) is 2. The molecule has 0 saturated carbocycles. The summed E-state index contributed by atoms with van der Waals surface area (Å²) in [6.07, 6.45) is 2.01. The summed E-state index contributed by atoms with van der Waals surface area (Å²) in [5.74, 6) is 0.203. The van der Waals surface area contributed by atoms with Crippen molar-refractivity contribution in [2.45, 2.75) is 59.7 Å². The lowest BCUT2D eigenvalue weighted by Gasteiger charge is -2.36. The second-order valence-electron chi connectivity index (χ2n) is 6.46. The standard InChI is InChI=1S/C14H28O2Si/c1-11(9-12(2)13(3)15)10-16-17(7,8)14(4,5)6/h9,12H,10H2,1-8H3/b11-9+. The number of hydrogen-bond donors (Lipinski definition) is 0. The van der Waals surface area contributed by atoms with Crippen molar-refractivity contribution >= 4 is 14.1 Å². The van der Waals surface area contributed by atoms with Gasteiger partial charge in [0, 0.05) is 5.92 Å². The highest BCUT2D eigenvalue weighted by Crippen LogP contribution is 2.36. The summed E-state index contributed by atoms with van der Waals surface area (Å²) in [5, 5.41) is 0.236. The van der Waals surface area contributed by atoms with Gasteiger partial charge in [-0.1, -0.05) is 39.3 Å². The van der Waals surface area contributed by atoms with Gasteiger partial charge < -0.3 is 4.43 Å². The van der Waals surface area contributed by atoms with Crippen molar-refractivity contribution in [1.82, 2.24) is 0 Å². The predicted molar refractivity (Wildman–Crippen MR) is 76.8 cm³/mol. The van der Waals surface area contributed by atoms with Crippen molar-refractivity contribution in [3.63, 3.8) is 0 Å². The molecule has 0 spiro atoms. The van der Waals surface area contributed by atoms with Crippen LogP contribution in [-0.4, -0.2) is 20.7 Å². The van der Waals surface area contributed by atoms with Crippen molar-refractivity contribution in [1.29, 1.82) is 0 Å². The second-order valence-corrected chi connectivity index (χ2v) is 11.3. The van der Waals surface area contributed by atoms with E-state index in [-0.39, 0.29) is 16.7 Å². The van der Waals surface area contributed by atoms with Gasteiger partial charge in [-0.3, -0.25) is 4.79 Å². The van der Waals surface area contributed by atoms with E-state index >= 15 is 0 Å². The third-order valence-electron chi connectivity index (χ3n) is 3.64. The maximum absolute atomic E-state index is 11.2. The molecular formula is C14H28O2Si. The Morgan fingerprint density at radius 3 is 2.12 bits per heavy atom. The summed E-state index contributed by atoms with van der Waals surface area (Å²) in [6, 6.07) is 0. The minimum absolute atomic E-state index is 0.00184. The number of allylic oxidation sites excluding steroid dienone is 1. The van der Waals surface area contributed by atoms with Crippen LogP contribution in [0.2, 0.25) is 18.1 Å². The zero-order chi connectivity index (χ0) is 13.9. The Bertz CT molecular complexity index is 298. The molecule has 0 saturated heterocycles. The van der Waals surface area contributed by atoms with E-state index in [1.54, 1.807) is 6.92 Å². The Hall–Kier alpha value is -0.413. The zero-order valence-electron chi connectivity index (χ0n) is 12.7. The summed E-state index contributed by atoms with van der Waals surface area (Å²) < 4.78 is 6.10. The lowest BCUT2D eigenvalue weighted by Crippen LogP contribution is -2.41. The Morgan fingerprint density at radius 1 is 1.29 bits per heavy atom. The predicted octanol–water partition coefficient (Wildman–Crippen LogP) is 4.18. The molecule has 1 unspecified atom stereocenters. The van der Waals surface area contributed by atoms with Gasteiger partial charge in [0.1, 0.15) is 5.78 Å². The molecule has 1 atom stereocenters. The van der Waals surface area contributed by atoms with E-state index in [9.17, 15) is 4.79 Å². The highest BCUT2D eigenvalue weighted by atomic mass is 28.4. The van der Waals surface area contributed by atoms with Crippen LogP contribution >= 0.6 is 0 Å². The van der Waals surface area contributed by atoms with Gasteiger partial charge in [-0.05, 0) is 32.0 Å². The van der Waals surface area contributed by atoms with Gasteiger partial charge in [-0.2, -0.15) is 0 Å². The molecule has 0 aliphatic heterocycles. The van der Waals surface area contributed by atoms with Crippen molar-refractivity contribution in [2.75, 3.05) is 6.61 Å². The molecule has 0 amide bonds. The van der Waals surface area contributed by atoms with Crippen molar-refractivity contribution in [3.05, 3.63) is 11.6 Å². The van der Waals surface area contributed by atoms with E-state index in [4.69, 9.17) is 4.43 Å². The Labute approximate surface area is 108 Å². The lowest BCUT2D eigenvalue weighted by molar-refractivity contribution is -0.118. The molecule has 0 bridgehead atoms. The number of ketones is 1. The lowest BCUT2D eigenvalue weighted by atomic mass is 10.1. The van der Waals surface area contributed by atoms with Gasteiger partial charge >= 0.3 is 0 Å². The topological polar surface area (TPSA) is 26.3 Å². The van der Waals surface area contributed by atoms with Crippen LogP contribution in [0.25, 0.3) is 0 Å². The molecule has 3 heteroatoms. The van der Waals surface area contributed by atoms with Gasteiger partial charge in [0.2, 0.25) is 0 Å². The molecule has 0 aliphatic carbocycles. The molecule has 2 nitrogen and oxygen atoms in total. The van der Waals surface area contributed by atoms with E-state index in [1.165, 1.54) is 0 Å². The van der Waals surface area contributed by atoms with Crippen LogP contribution in [0, 0.1) is 5.92 Å². The minimum Gasteiger partial charge on any atom is -0.413 e. The Balaban J connectivity index is 4.44. The van der Waals surface area contributed by atoms with Crippen LogP contribution < -0.4 is 0 Å². The molecule has 0 aromatic rings. The first-order valence-electron chi connectivity index (χ1n) is 6.29. The molecular weight excluding hydrogens is 228 g/mol. The maximum Gasteiger partial charge on any atom is 0.192 e. The van der Waals surface area contributed by atoms with Crippen molar-refractivity contribution in [3.8, 4) is 0 Å². The summed E-state index contributed by atoms with van der Waals surface area (Å²) >= 11 is 0. The normalized spacial score (nSPS) is 15.9. The fourth-order valence-electron chi connectivity index (χ4n) is 1.10. The van der Waals surface area contributed by atoms with Crippen LogP contribution in [-0.2, 0) is 9.22 Å². The van der Waals surface area contributed by atoms with Gasteiger partial charge in [0.05, 0.1) is 6.61 Å². The summed E-state index contributed by atoms with van der Waals surface area (Å²) in [4.78, 5) is 11.2. The minimum atomic E-state index is -1.67. The summed E-state index contributed by atoms with van der Waals surface area (Å²) in [7, 11) is -1.67. The quantitative estimate of drug-likeness (QED) is 0.545. The first-order chi connectivity index (χ1) is 7.47. The number of carbonyl (C=O) groups is 1. The van der Waals surface area contributed by atoms with Gasteiger partial charge in [0.15, 0.2) is 8.32 Å². The fraction of sp³-hybridized carbons (Fsp3) is 0.786. The molecule has 0 heterocycles. The maximum atomic E-state index is 11.2. The molecule has 0 radical (unpaired) electrons. The van der Waals surface area contributed by atoms with Crippen LogP contribution in [0.5, 0.6) is 0 Å². The Kier molecular flexibility index (Phi) is 5.82. The molecule has 0 aromatic carbocycles. The third-order valence-corrected chi connectivity index (χ3v) is 8.12. The van der Waals surface area contributed by atoms with E-state index in [2.05, 4.69) is 33.9 Å². The molecule has 0 N–H and O–H groups in total. The molecule has 0 aliphatic rings. The smallest absolute Gasteiger partial charge is 0.192 e. The summed E-state index contributed by atoms with van der Waals surface area (Å²) in [6.45, 7) is 17.4.